The van der Waals surface area contributed by atoms with Crippen LogP contribution in [-0.2, 0) is 21.7 Å². The minimum absolute atomic E-state index is 0.931. The molecule has 5 heteroatoms. The Morgan fingerprint density at radius 3 is 2.44 bits per heavy atom. The van der Waals surface area contributed by atoms with Crippen molar-refractivity contribution in [3.63, 3.8) is 0 Å². The summed E-state index contributed by atoms with van der Waals surface area (Å²) in [5.74, 6) is 0. The molecule has 1 aliphatic rings. The van der Waals surface area contributed by atoms with Crippen molar-refractivity contribution in [2.45, 2.75) is 25.8 Å². The molecule has 0 bridgehead atoms. The van der Waals surface area contributed by atoms with E-state index in [9.17, 15) is 0 Å². The van der Waals surface area contributed by atoms with Gasteiger partial charge in [-0.15, -0.1) is 0 Å². The van der Waals surface area contributed by atoms with E-state index < -0.39 is 15.1 Å². The van der Waals surface area contributed by atoms with Crippen molar-refractivity contribution in [1.82, 2.24) is 9.88 Å². The van der Waals surface area contributed by atoms with Crippen LogP contribution in [0.2, 0.25) is 0 Å². The van der Waals surface area contributed by atoms with E-state index in [1.54, 1.807) is 0 Å². The monoisotopic (exact) mass is 310 g/mol. The molecule has 0 saturated carbocycles. The quantitative estimate of drug-likeness (QED) is 0.778. The van der Waals surface area contributed by atoms with E-state index in [0.717, 1.165) is 6.54 Å². The second-order valence-electron chi connectivity index (χ2n) is 3.76. The number of rotatable bonds is 2. The van der Waals surface area contributed by atoms with Gasteiger partial charge in [-0.25, -0.2) is 0 Å². The minimum Gasteiger partial charge on any atom is -0.298 e. The number of likely N-dealkylation sites (tertiary alicyclic amines) is 1. The standard InChI is InChI=1S/C11H16N2.2ClH.Zn/c1-4-8-13(9-5-1)10-11-6-2-3-7-12-11;;;/h2-3,6-7H,1,4-5,8-10H2;2*1H;/q;;;+2/p-2. The Labute approximate surface area is 113 Å². The Balaban J connectivity index is 0.000000386. The number of pyridine rings is 1. The van der Waals surface area contributed by atoms with Crippen LogP contribution in [-0.4, -0.2) is 23.0 Å². The van der Waals surface area contributed by atoms with E-state index in [0.29, 0.717) is 0 Å². The van der Waals surface area contributed by atoms with Crippen molar-refractivity contribution in [3.8, 4) is 0 Å². The van der Waals surface area contributed by atoms with Gasteiger partial charge >= 0.3 is 34.5 Å². The molecule has 0 spiro atoms. The summed E-state index contributed by atoms with van der Waals surface area (Å²) >= 11 is -0.931. The molecular weight excluding hydrogens is 296 g/mol. The molecule has 86 valence electrons. The summed E-state index contributed by atoms with van der Waals surface area (Å²) in [5.41, 5.74) is 1.20. The van der Waals surface area contributed by atoms with Gasteiger partial charge in [-0.2, -0.15) is 0 Å². The van der Waals surface area contributed by atoms with Crippen LogP contribution in [0.25, 0.3) is 0 Å². The summed E-state index contributed by atoms with van der Waals surface area (Å²) < 4.78 is 0. The van der Waals surface area contributed by atoms with E-state index >= 15 is 0 Å². The Kier molecular flexibility index (Phi) is 8.40. The number of halogens is 2. The average Bonchev–Trinajstić information content (AvgIpc) is 2.33. The van der Waals surface area contributed by atoms with Gasteiger partial charge < -0.3 is 0 Å². The molecule has 1 aliphatic heterocycles. The molecule has 0 N–H and O–H groups in total. The normalized spacial score (nSPS) is 15.9. The second kappa shape index (κ2) is 9.35. The van der Waals surface area contributed by atoms with Gasteiger partial charge in [-0.05, 0) is 38.1 Å². The van der Waals surface area contributed by atoms with E-state index in [4.69, 9.17) is 19.4 Å². The maximum atomic E-state index is 4.95. The first-order chi connectivity index (χ1) is 7.86. The fourth-order valence-corrected chi connectivity index (χ4v) is 1.84. The van der Waals surface area contributed by atoms with Gasteiger partial charge in [0.25, 0.3) is 0 Å². The second-order valence-corrected chi connectivity index (χ2v) is 8.38. The molecule has 1 aromatic heterocycles. The molecule has 0 amide bonds. The molecule has 2 heterocycles. The van der Waals surface area contributed by atoms with Gasteiger partial charge in [0.05, 0.1) is 5.69 Å². The Morgan fingerprint density at radius 2 is 1.88 bits per heavy atom. The number of piperidine rings is 1. The summed E-state index contributed by atoms with van der Waals surface area (Å²) in [6.45, 7) is 3.52. The number of hydrogen-bond donors (Lipinski definition) is 0. The predicted molar refractivity (Wildman–Crippen MR) is 65.1 cm³/mol. The largest absolute Gasteiger partial charge is 0.298 e. The molecule has 0 unspecified atom stereocenters. The first-order valence-electron chi connectivity index (χ1n) is 5.61. The van der Waals surface area contributed by atoms with Crippen LogP contribution in [0.1, 0.15) is 25.0 Å². The van der Waals surface area contributed by atoms with Crippen LogP contribution in [0.15, 0.2) is 24.4 Å². The van der Waals surface area contributed by atoms with Crippen LogP contribution in [0.4, 0.5) is 0 Å². The summed E-state index contributed by atoms with van der Waals surface area (Å²) in [7, 11) is 9.90. The van der Waals surface area contributed by atoms with Gasteiger partial charge in [0.2, 0.25) is 0 Å². The molecule has 16 heavy (non-hydrogen) atoms. The molecule has 1 saturated heterocycles. The molecule has 2 rings (SSSR count). The fourth-order valence-electron chi connectivity index (χ4n) is 1.84. The van der Waals surface area contributed by atoms with Crippen molar-refractivity contribution < 1.29 is 15.1 Å². The zero-order valence-electron chi connectivity index (χ0n) is 9.41. The van der Waals surface area contributed by atoms with Crippen molar-refractivity contribution in [1.29, 1.82) is 0 Å². The van der Waals surface area contributed by atoms with Crippen molar-refractivity contribution in [3.05, 3.63) is 30.1 Å². The van der Waals surface area contributed by atoms with Crippen LogP contribution in [0, 0.1) is 0 Å². The molecule has 0 aromatic carbocycles. The van der Waals surface area contributed by atoms with Crippen LogP contribution >= 0.6 is 19.4 Å². The third-order valence-electron chi connectivity index (χ3n) is 2.56. The number of aromatic nitrogens is 1. The number of nitrogens with zero attached hydrogens (tertiary/aromatic N) is 2. The predicted octanol–water partition coefficient (Wildman–Crippen LogP) is 3.44. The zero-order chi connectivity index (χ0) is 11.6. The van der Waals surface area contributed by atoms with Crippen molar-refractivity contribution in [2.24, 2.45) is 0 Å². The van der Waals surface area contributed by atoms with E-state index in [2.05, 4.69) is 22.0 Å². The van der Waals surface area contributed by atoms with Gasteiger partial charge in [0, 0.05) is 12.7 Å². The molecular formula is C11H16Cl2N2Zn. The molecule has 0 radical (unpaired) electrons. The molecule has 1 aromatic rings. The van der Waals surface area contributed by atoms with Crippen molar-refractivity contribution >= 4 is 19.4 Å². The Morgan fingerprint density at radius 1 is 1.19 bits per heavy atom. The van der Waals surface area contributed by atoms with E-state index in [1.165, 1.54) is 38.0 Å². The van der Waals surface area contributed by atoms with E-state index in [1.807, 2.05) is 12.3 Å². The Hall–Kier alpha value is 0.313. The summed E-state index contributed by atoms with van der Waals surface area (Å²) in [5, 5.41) is 0. The smallest absolute Gasteiger partial charge is 0.0543 e. The third-order valence-corrected chi connectivity index (χ3v) is 2.56. The SMILES string of the molecule is [Cl][Zn][Cl].c1ccc(CN2CCCCC2)nc1. The third kappa shape index (κ3) is 6.15. The summed E-state index contributed by atoms with van der Waals surface area (Å²) in [6.07, 6.45) is 5.98. The maximum Gasteiger partial charge on any atom is 0.0543 e. The summed E-state index contributed by atoms with van der Waals surface area (Å²) in [4.78, 5) is 6.82. The zero-order valence-corrected chi connectivity index (χ0v) is 13.9. The Bertz CT molecular complexity index is 266. The van der Waals surface area contributed by atoms with Gasteiger partial charge in [-0.1, -0.05) is 12.5 Å². The molecule has 0 aliphatic carbocycles. The van der Waals surface area contributed by atoms with Crippen LogP contribution in [0.5, 0.6) is 0 Å². The van der Waals surface area contributed by atoms with Crippen molar-refractivity contribution in [2.75, 3.05) is 13.1 Å². The first kappa shape index (κ1) is 14.4. The van der Waals surface area contributed by atoms with Gasteiger partial charge in [0.1, 0.15) is 0 Å². The van der Waals surface area contributed by atoms with Gasteiger partial charge in [-0.3, -0.25) is 9.88 Å². The average molecular weight is 313 g/mol. The molecule has 2 nitrogen and oxygen atoms in total. The molecule has 0 atom stereocenters. The van der Waals surface area contributed by atoms with Gasteiger partial charge in [0.15, 0.2) is 0 Å². The first-order valence-corrected chi connectivity index (χ1v) is 13.4. The maximum absolute atomic E-state index is 4.95. The van der Waals surface area contributed by atoms with Crippen LogP contribution < -0.4 is 0 Å². The number of hydrogen-bond acceptors (Lipinski definition) is 2. The minimum atomic E-state index is -0.931. The fraction of sp³-hybridized carbons (Fsp3) is 0.545. The topological polar surface area (TPSA) is 16.1 Å². The van der Waals surface area contributed by atoms with E-state index in [-0.39, 0.29) is 0 Å². The van der Waals surface area contributed by atoms with Crippen LogP contribution in [0.3, 0.4) is 0 Å². The molecule has 1 fully saturated rings. The summed E-state index contributed by atoms with van der Waals surface area (Å²) in [6, 6.07) is 6.14.